The highest BCUT2D eigenvalue weighted by molar-refractivity contribution is 5.81. The maximum absolute atomic E-state index is 12.2. The van der Waals surface area contributed by atoms with Crippen molar-refractivity contribution in [2.45, 2.75) is 6.92 Å². The summed E-state index contributed by atoms with van der Waals surface area (Å²) in [5.74, 6) is 0.213. The highest BCUT2D eigenvalue weighted by Crippen LogP contribution is 2.19. The van der Waals surface area contributed by atoms with Crippen molar-refractivity contribution < 1.29 is 4.42 Å². The Kier molecular flexibility index (Phi) is 3.01. The fraction of sp³-hybridized carbons (Fsp3) is 0.0588. The summed E-state index contributed by atoms with van der Waals surface area (Å²) in [6.07, 6.45) is 6.89. The van der Waals surface area contributed by atoms with Crippen LogP contribution in [0, 0.1) is 6.92 Å². The number of hydrogen-bond donors (Lipinski definition) is 0. The highest BCUT2D eigenvalue weighted by Gasteiger charge is 2.11. The minimum atomic E-state index is -0.399. The normalized spacial score (nSPS) is 11.0. The highest BCUT2D eigenvalue weighted by atomic mass is 16.4. The van der Waals surface area contributed by atoms with Crippen LogP contribution in [0.3, 0.4) is 0 Å². The molecule has 6 heteroatoms. The van der Waals surface area contributed by atoms with Crippen molar-refractivity contribution in [1.29, 1.82) is 0 Å². The number of aromatic nitrogens is 4. The lowest BCUT2D eigenvalue weighted by molar-refractivity contribution is 0.516. The van der Waals surface area contributed by atoms with Gasteiger partial charge in [0, 0.05) is 12.4 Å². The van der Waals surface area contributed by atoms with E-state index in [1.165, 1.54) is 0 Å². The fourth-order valence-electron chi connectivity index (χ4n) is 2.47. The van der Waals surface area contributed by atoms with Crippen LogP contribution in [-0.4, -0.2) is 19.5 Å². The first-order chi connectivity index (χ1) is 11.2. The standard InChI is InChI=1S/C17H12N4O2/c1-11-3-2-4-13-15(11)17(22)23-16(20-13)14-6-5-12(9-19-14)21-8-7-18-10-21/h2-10H,1H3. The zero-order chi connectivity index (χ0) is 15.8. The maximum Gasteiger partial charge on any atom is 0.347 e. The molecule has 3 heterocycles. The molecule has 0 saturated carbocycles. The van der Waals surface area contributed by atoms with E-state index in [1.807, 2.05) is 35.9 Å². The van der Waals surface area contributed by atoms with Crippen LogP contribution in [0.15, 0.2) is 64.5 Å². The van der Waals surface area contributed by atoms with Crippen molar-refractivity contribution in [3.63, 3.8) is 0 Å². The SMILES string of the molecule is Cc1cccc2nc(-c3ccc(-n4ccnc4)cn3)oc(=O)c12. The number of imidazole rings is 1. The smallest absolute Gasteiger partial charge is 0.347 e. The minimum absolute atomic E-state index is 0.213. The summed E-state index contributed by atoms with van der Waals surface area (Å²) in [6, 6.07) is 9.15. The van der Waals surface area contributed by atoms with Crippen LogP contribution in [0.4, 0.5) is 0 Å². The summed E-state index contributed by atoms with van der Waals surface area (Å²) in [5.41, 5.74) is 2.43. The first kappa shape index (κ1) is 13.4. The zero-order valence-electron chi connectivity index (χ0n) is 12.3. The predicted octanol–water partition coefficient (Wildman–Crippen LogP) is 2.74. The predicted molar refractivity (Wildman–Crippen MR) is 85.4 cm³/mol. The molecule has 112 valence electrons. The molecular weight excluding hydrogens is 292 g/mol. The molecule has 0 unspecified atom stereocenters. The summed E-state index contributed by atoms with van der Waals surface area (Å²) < 4.78 is 7.18. The van der Waals surface area contributed by atoms with Crippen LogP contribution >= 0.6 is 0 Å². The van der Waals surface area contributed by atoms with Gasteiger partial charge in [0.25, 0.3) is 0 Å². The van der Waals surface area contributed by atoms with Crippen LogP contribution in [0.2, 0.25) is 0 Å². The summed E-state index contributed by atoms with van der Waals surface area (Å²) in [6.45, 7) is 1.86. The second kappa shape index (κ2) is 5.17. The second-order valence-electron chi connectivity index (χ2n) is 5.15. The Balaban J connectivity index is 1.82. The quantitative estimate of drug-likeness (QED) is 0.569. The van der Waals surface area contributed by atoms with Crippen molar-refractivity contribution in [1.82, 2.24) is 19.5 Å². The molecule has 0 saturated heterocycles. The Morgan fingerprint density at radius 2 is 2.09 bits per heavy atom. The van der Waals surface area contributed by atoms with Crippen LogP contribution in [0.25, 0.3) is 28.2 Å². The number of rotatable bonds is 2. The Labute approximate surface area is 131 Å². The molecule has 0 spiro atoms. The second-order valence-corrected chi connectivity index (χ2v) is 5.15. The van der Waals surface area contributed by atoms with Crippen LogP contribution < -0.4 is 5.63 Å². The van der Waals surface area contributed by atoms with Gasteiger partial charge in [-0.05, 0) is 30.7 Å². The van der Waals surface area contributed by atoms with Gasteiger partial charge in [0.15, 0.2) is 0 Å². The number of aryl methyl sites for hydroxylation is 1. The summed E-state index contributed by atoms with van der Waals surface area (Å²) in [5, 5.41) is 0.506. The molecular formula is C17H12N4O2. The molecule has 0 amide bonds. The number of nitrogens with zero attached hydrogens (tertiary/aromatic N) is 4. The lowest BCUT2D eigenvalue weighted by Crippen LogP contribution is -2.05. The van der Waals surface area contributed by atoms with Gasteiger partial charge in [-0.1, -0.05) is 12.1 Å². The van der Waals surface area contributed by atoms with Crippen molar-refractivity contribution in [3.8, 4) is 17.3 Å². The number of benzene rings is 1. The number of fused-ring (bicyclic) bond motifs is 1. The average molecular weight is 304 g/mol. The average Bonchev–Trinajstić information content (AvgIpc) is 3.09. The topological polar surface area (TPSA) is 73.8 Å². The molecule has 3 aromatic heterocycles. The third-order valence-corrected chi connectivity index (χ3v) is 3.64. The maximum atomic E-state index is 12.2. The molecule has 0 N–H and O–H groups in total. The summed E-state index contributed by atoms with van der Waals surface area (Å²) in [7, 11) is 0. The lowest BCUT2D eigenvalue weighted by atomic mass is 10.1. The van der Waals surface area contributed by atoms with Crippen molar-refractivity contribution in [3.05, 3.63) is 71.2 Å². The number of hydrogen-bond acceptors (Lipinski definition) is 5. The molecule has 0 bridgehead atoms. The third kappa shape index (κ3) is 2.30. The zero-order valence-corrected chi connectivity index (χ0v) is 12.3. The molecule has 0 atom stereocenters. The fourth-order valence-corrected chi connectivity index (χ4v) is 2.47. The van der Waals surface area contributed by atoms with E-state index < -0.39 is 5.63 Å². The molecule has 4 rings (SSSR count). The lowest BCUT2D eigenvalue weighted by Gasteiger charge is -2.04. The molecule has 1 aromatic carbocycles. The van der Waals surface area contributed by atoms with Gasteiger partial charge in [0.05, 0.1) is 29.1 Å². The number of pyridine rings is 1. The Hall–Kier alpha value is -3.28. The first-order valence-corrected chi connectivity index (χ1v) is 7.07. The molecule has 0 fully saturated rings. The van der Waals surface area contributed by atoms with E-state index in [0.717, 1.165) is 11.3 Å². The van der Waals surface area contributed by atoms with Gasteiger partial charge >= 0.3 is 5.63 Å². The Morgan fingerprint density at radius 3 is 2.83 bits per heavy atom. The molecule has 0 aliphatic carbocycles. The van der Waals surface area contributed by atoms with Gasteiger partial charge in [0.1, 0.15) is 5.69 Å². The Morgan fingerprint density at radius 1 is 1.17 bits per heavy atom. The minimum Gasteiger partial charge on any atom is -0.401 e. The van der Waals surface area contributed by atoms with E-state index in [1.54, 1.807) is 30.9 Å². The van der Waals surface area contributed by atoms with E-state index in [2.05, 4.69) is 15.0 Å². The van der Waals surface area contributed by atoms with Crippen molar-refractivity contribution >= 4 is 10.9 Å². The van der Waals surface area contributed by atoms with Crippen LogP contribution in [-0.2, 0) is 0 Å². The van der Waals surface area contributed by atoms with E-state index in [-0.39, 0.29) is 5.89 Å². The molecule has 0 aliphatic heterocycles. The first-order valence-electron chi connectivity index (χ1n) is 7.07. The summed E-state index contributed by atoms with van der Waals surface area (Å²) in [4.78, 5) is 24.9. The van der Waals surface area contributed by atoms with E-state index in [9.17, 15) is 4.79 Å². The van der Waals surface area contributed by atoms with Gasteiger partial charge in [-0.25, -0.2) is 19.7 Å². The third-order valence-electron chi connectivity index (χ3n) is 3.64. The van der Waals surface area contributed by atoms with Gasteiger partial charge < -0.3 is 8.98 Å². The molecule has 0 aliphatic rings. The molecule has 6 nitrogen and oxygen atoms in total. The Bertz CT molecular complexity index is 1030. The van der Waals surface area contributed by atoms with Gasteiger partial charge in [0.2, 0.25) is 5.89 Å². The monoisotopic (exact) mass is 304 g/mol. The van der Waals surface area contributed by atoms with E-state index in [4.69, 9.17) is 4.42 Å². The van der Waals surface area contributed by atoms with Gasteiger partial charge in [-0.2, -0.15) is 0 Å². The molecule has 4 aromatic rings. The van der Waals surface area contributed by atoms with Crippen molar-refractivity contribution in [2.75, 3.05) is 0 Å². The van der Waals surface area contributed by atoms with Crippen molar-refractivity contribution in [2.24, 2.45) is 0 Å². The van der Waals surface area contributed by atoms with E-state index >= 15 is 0 Å². The van der Waals surface area contributed by atoms with E-state index in [0.29, 0.717) is 16.6 Å². The summed E-state index contributed by atoms with van der Waals surface area (Å²) >= 11 is 0. The van der Waals surface area contributed by atoms with Gasteiger partial charge in [-0.15, -0.1) is 0 Å². The molecule has 0 radical (unpaired) electrons. The van der Waals surface area contributed by atoms with Gasteiger partial charge in [-0.3, -0.25) is 0 Å². The van der Waals surface area contributed by atoms with Crippen LogP contribution in [0.1, 0.15) is 5.56 Å². The molecule has 23 heavy (non-hydrogen) atoms. The van der Waals surface area contributed by atoms with Crippen LogP contribution in [0.5, 0.6) is 0 Å². The largest absolute Gasteiger partial charge is 0.401 e.